The van der Waals surface area contributed by atoms with Crippen LogP contribution in [0, 0.1) is 0 Å². The molecular formula is C40H61NO4. The fourth-order valence-corrected chi connectivity index (χ4v) is 5.13. The number of carbonyl (C=O) groups excluding carboxylic acids is 1. The van der Waals surface area contributed by atoms with Gasteiger partial charge in [-0.15, -0.1) is 0 Å². The van der Waals surface area contributed by atoms with Gasteiger partial charge in [-0.05, 0) is 80.3 Å². The summed E-state index contributed by atoms with van der Waals surface area (Å²) in [7, 11) is 0. The molecule has 0 atom stereocenters. The normalized spacial score (nSPS) is 11.2. The number of carbonyl (C=O) groups is 1. The summed E-state index contributed by atoms with van der Waals surface area (Å²) >= 11 is 0. The summed E-state index contributed by atoms with van der Waals surface area (Å²) in [5.41, 5.74) is 2.44. The molecule has 0 bridgehead atoms. The molecule has 0 N–H and O–H groups in total. The van der Waals surface area contributed by atoms with Gasteiger partial charge in [0.2, 0.25) is 0 Å². The first-order valence-corrected chi connectivity index (χ1v) is 17.9. The Morgan fingerprint density at radius 1 is 0.600 bits per heavy atom. The van der Waals surface area contributed by atoms with E-state index in [2.05, 4.69) is 18.5 Å². The van der Waals surface area contributed by atoms with Gasteiger partial charge in [0.15, 0.2) is 0 Å². The van der Waals surface area contributed by atoms with Crippen LogP contribution in [0.25, 0.3) is 0 Å². The molecule has 0 saturated carbocycles. The van der Waals surface area contributed by atoms with Gasteiger partial charge in [-0.25, -0.2) is 4.79 Å². The molecule has 2 rings (SSSR count). The van der Waals surface area contributed by atoms with Crippen molar-refractivity contribution in [3.05, 3.63) is 66.2 Å². The van der Waals surface area contributed by atoms with Crippen LogP contribution in [0.1, 0.15) is 141 Å². The second kappa shape index (κ2) is 26.2. The number of ether oxygens (including phenoxy) is 3. The van der Waals surface area contributed by atoms with Crippen LogP contribution in [0.4, 0.5) is 5.69 Å². The third kappa shape index (κ3) is 20.6. The SMILES string of the molecule is C=C(C)C(=O)OCCCCCCCCCCCOc1ccc(C=Nc2ccc(OCCCCCCCCCCCC)cc2)cc1. The largest absolute Gasteiger partial charge is 0.494 e. The fourth-order valence-electron chi connectivity index (χ4n) is 5.13. The third-order valence-corrected chi connectivity index (χ3v) is 7.99. The molecule has 45 heavy (non-hydrogen) atoms. The highest BCUT2D eigenvalue weighted by Crippen LogP contribution is 2.20. The summed E-state index contributed by atoms with van der Waals surface area (Å²) in [6.45, 7) is 9.59. The maximum absolute atomic E-state index is 11.3. The minimum absolute atomic E-state index is 0.279. The molecule has 250 valence electrons. The van der Waals surface area contributed by atoms with Crippen molar-refractivity contribution in [2.45, 2.75) is 136 Å². The first-order chi connectivity index (χ1) is 22.1. The third-order valence-electron chi connectivity index (χ3n) is 7.99. The van der Waals surface area contributed by atoms with E-state index >= 15 is 0 Å². The predicted molar refractivity (Wildman–Crippen MR) is 190 cm³/mol. The van der Waals surface area contributed by atoms with Gasteiger partial charge < -0.3 is 14.2 Å². The van der Waals surface area contributed by atoms with Crippen LogP contribution < -0.4 is 9.47 Å². The summed E-state index contributed by atoms with van der Waals surface area (Å²) < 4.78 is 17.0. The number of unbranched alkanes of at least 4 members (excludes halogenated alkanes) is 17. The van der Waals surface area contributed by atoms with E-state index in [1.54, 1.807) is 6.92 Å². The van der Waals surface area contributed by atoms with Crippen molar-refractivity contribution in [3.8, 4) is 11.5 Å². The lowest BCUT2D eigenvalue weighted by atomic mass is 10.1. The molecule has 0 radical (unpaired) electrons. The Morgan fingerprint density at radius 3 is 1.44 bits per heavy atom. The molecule has 0 saturated heterocycles. The highest BCUT2D eigenvalue weighted by atomic mass is 16.5. The Balaban J connectivity index is 1.45. The summed E-state index contributed by atoms with van der Waals surface area (Å²) in [6.07, 6.45) is 25.8. The van der Waals surface area contributed by atoms with Gasteiger partial charge in [0, 0.05) is 11.8 Å². The Labute approximate surface area is 274 Å². The van der Waals surface area contributed by atoms with E-state index in [-0.39, 0.29) is 5.97 Å². The van der Waals surface area contributed by atoms with Gasteiger partial charge in [0.05, 0.1) is 25.5 Å². The molecule has 5 nitrogen and oxygen atoms in total. The standard InChI is InChI=1S/C40H61NO4/c1-4-5-6-7-8-9-11-14-18-21-32-44-39-29-25-37(26-30-39)41-34-36-23-27-38(28-24-36)43-31-20-17-15-12-10-13-16-19-22-33-45-40(42)35(2)3/h23-30,34H,2,4-22,31-33H2,1,3H3. The van der Waals surface area contributed by atoms with Crippen LogP contribution in [0.3, 0.4) is 0 Å². The number of hydrogen-bond acceptors (Lipinski definition) is 5. The topological polar surface area (TPSA) is 57.1 Å². The molecule has 0 aliphatic carbocycles. The lowest BCUT2D eigenvalue weighted by Crippen LogP contribution is -2.05. The van der Waals surface area contributed by atoms with Crippen molar-refractivity contribution in [2.24, 2.45) is 4.99 Å². The molecule has 0 aliphatic heterocycles. The Bertz CT molecular complexity index is 1040. The van der Waals surface area contributed by atoms with Gasteiger partial charge in [-0.2, -0.15) is 0 Å². The average Bonchev–Trinajstić information content (AvgIpc) is 3.05. The van der Waals surface area contributed by atoms with E-state index in [1.165, 1.54) is 96.3 Å². The maximum Gasteiger partial charge on any atom is 0.333 e. The van der Waals surface area contributed by atoms with Crippen molar-refractivity contribution in [1.82, 2.24) is 0 Å². The van der Waals surface area contributed by atoms with Crippen molar-refractivity contribution in [1.29, 1.82) is 0 Å². The van der Waals surface area contributed by atoms with Gasteiger partial charge in [-0.1, -0.05) is 116 Å². The van der Waals surface area contributed by atoms with E-state index in [9.17, 15) is 4.79 Å². The first-order valence-electron chi connectivity index (χ1n) is 17.9. The molecule has 0 spiro atoms. The maximum atomic E-state index is 11.3. The zero-order valence-electron chi connectivity index (χ0n) is 28.5. The molecule has 0 unspecified atom stereocenters. The van der Waals surface area contributed by atoms with Crippen LogP contribution in [0.2, 0.25) is 0 Å². The Morgan fingerprint density at radius 2 is 1.00 bits per heavy atom. The average molecular weight is 620 g/mol. The van der Waals surface area contributed by atoms with E-state index in [0.717, 1.165) is 61.6 Å². The van der Waals surface area contributed by atoms with Crippen LogP contribution in [0.5, 0.6) is 11.5 Å². The van der Waals surface area contributed by atoms with Crippen molar-refractivity contribution in [2.75, 3.05) is 19.8 Å². The van der Waals surface area contributed by atoms with Crippen LogP contribution >= 0.6 is 0 Å². The molecule has 2 aromatic carbocycles. The van der Waals surface area contributed by atoms with Gasteiger partial charge >= 0.3 is 5.97 Å². The van der Waals surface area contributed by atoms with Gasteiger partial charge in [0.25, 0.3) is 0 Å². The number of nitrogens with zero attached hydrogens (tertiary/aromatic N) is 1. The highest BCUT2D eigenvalue weighted by Gasteiger charge is 2.02. The number of rotatable bonds is 28. The second-order valence-electron chi connectivity index (χ2n) is 12.3. The van der Waals surface area contributed by atoms with Crippen LogP contribution in [-0.4, -0.2) is 32.0 Å². The van der Waals surface area contributed by atoms with E-state index in [1.807, 2.05) is 54.7 Å². The molecule has 0 fully saturated rings. The van der Waals surface area contributed by atoms with Gasteiger partial charge in [-0.3, -0.25) is 4.99 Å². The van der Waals surface area contributed by atoms with Crippen LogP contribution in [0.15, 0.2) is 65.7 Å². The lowest BCUT2D eigenvalue weighted by Gasteiger charge is -2.07. The zero-order valence-corrected chi connectivity index (χ0v) is 28.5. The lowest BCUT2D eigenvalue weighted by molar-refractivity contribution is -0.139. The predicted octanol–water partition coefficient (Wildman–Crippen LogP) is 11.7. The smallest absolute Gasteiger partial charge is 0.333 e. The molecular weight excluding hydrogens is 558 g/mol. The van der Waals surface area contributed by atoms with Crippen molar-refractivity contribution < 1.29 is 19.0 Å². The number of esters is 1. The number of benzene rings is 2. The number of hydrogen-bond donors (Lipinski definition) is 0. The summed E-state index contributed by atoms with van der Waals surface area (Å²) in [4.78, 5) is 15.9. The molecule has 0 heterocycles. The molecule has 0 amide bonds. The molecule has 2 aromatic rings. The number of aliphatic imine (C=N–C) groups is 1. The minimum atomic E-state index is -0.279. The van der Waals surface area contributed by atoms with E-state index in [4.69, 9.17) is 14.2 Å². The summed E-state index contributed by atoms with van der Waals surface area (Å²) in [5, 5.41) is 0. The minimum Gasteiger partial charge on any atom is -0.494 e. The summed E-state index contributed by atoms with van der Waals surface area (Å²) in [6, 6.07) is 16.2. The monoisotopic (exact) mass is 619 g/mol. The molecule has 5 heteroatoms. The Kier molecular flexibility index (Phi) is 22.2. The summed E-state index contributed by atoms with van der Waals surface area (Å²) in [5.74, 6) is 1.54. The quantitative estimate of drug-likeness (QED) is 0.0411. The van der Waals surface area contributed by atoms with Crippen molar-refractivity contribution in [3.63, 3.8) is 0 Å². The van der Waals surface area contributed by atoms with Crippen LogP contribution in [-0.2, 0) is 9.53 Å². The van der Waals surface area contributed by atoms with E-state index < -0.39 is 0 Å². The van der Waals surface area contributed by atoms with E-state index in [0.29, 0.717) is 12.2 Å². The van der Waals surface area contributed by atoms with Gasteiger partial charge in [0.1, 0.15) is 11.5 Å². The molecule has 0 aliphatic rings. The first kappa shape index (κ1) is 38.1. The van der Waals surface area contributed by atoms with Crippen molar-refractivity contribution >= 4 is 17.9 Å². The molecule has 0 aromatic heterocycles. The second-order valence-corrected chi connectivity index (χ2v) is 12.3. The fraction of sp³-hybridized carbons (Fsp3) is 0.600. The Hall–Kier alpha value is -3.08. The highest BCUT2D eigenvalue weighted by molar-refractivity contribution is 5.86. The zero-order chi connectivity index (χ0) is 32.2.